The summed E-state index contributed by atoms with van der Waals surface area (Å²) >= 11 is 0. The summed E-state index contributed by atoms with van der Waals surface area (Å²) < 4.78 is 34.2. The average molecular weight is 335 g/mol. The second kappa shape index (κ2) is 5.11. The van der Waals surface area contributed by atoms with Crippen LogP contribution in [0, 0.1) is 11.6 Å². The number of imidazole rings is 1. The summed E-state index contributed by atoms with van der Waals surface area (Å²) in [5.74, 6) is -1.40. The Kier molecular flexibility index (Phi) is 2.88. The highest BCUT2D eigenvalue weighted by molar-refractivity contribution is 5.87. The van der Waals surface area contributed by atoms with Crippen molar-refractivity contribution in [2.24, 2.45) is 4.99 Å². The highest BCUT2D eigenvalue weighted by Gasteiger charge is 2.20. The maximum absolute atomic E-state index is 13.7. The normalized spacial score (nSPS) is 12.9. The van der Waals surface area contributed by atoms with Gasteiger partial charge >= 0.3 is 5.84 Å². The molecule has 0 aliphatic carbocycles. The number of nitrogens with zero attached hydrogens (tertiary/aromatic N) is 3. The van der Waals surface area contributed by atoms with Crippen LogP contribution < -0.4 is 0 Å². The van der Waals surface area contributed by atoms with Gasteiger partial charge < -0.3 is 4.42 Å². The first-order valence-corrected chi connectivity index (χ1v) is 7.75. The Morgan fingerprint density at radius 2 is 1.88 bits per heavy atom. The number of hydrogen-bond donors (Lipinski definition) is 0. The van der Waals surface area contributed by atoms with Crippen LogP contribution in [0.4, 0.5) is 8.78 Å². The Morgan fingerprint density at radius 1 is 1.00 bits per heavy atom. The lowest BCUT2D eigenvalue weighted by Crippen LogP contribution is -1.92. The van der Waals surface area contributed by atoms with Crippen LogP contribution in [-0.2, 0) is 6.54 Å². The van der Waals surface area contributed by atoms with Crippen molar-refractivity contribution in [1.29, 1.82) is 0 Å². The molecule has 4 aromatic rings. The zero-order valence-electron chi connectivity index (χ0n) is 12.9. The second-order valence-electron chi connectivity index (χ2n) is 5.88. The minimum atomic E-state index is -0.907. The molecule has 3 heterocycles. The number of aromatic nitrogens is 2. The second-order valence-corrected chi connectivity index (χ2v) is 5.88. The van der Waals surface area contributed by atoms with E-state index < -0.39 is 11.6 Å². The van der Waals surface area contributed by atoms with E-state index in [1.807, 2.05) is 24.4 Å². The van der Waals surface area contributed by atoms with Crippen LogP contribution in [0.15, 0.2) is 58.3 Å². The molecule has 2 aromatic carbocycles. The summed E-state index contributed by atoms with van der Waals surface area (Å²) in [6, 6.07) is 9.78. The van der Waals surface area contributed by atoms with E-state index in [4.69, 9.17) is 4.42 Å². The first-order valence-electron chi connectivity index (χ1n) is 7.75. The highest BCUT2D eigenvalue weighted by atomic mass is 19.2. The van der Waals surface area contributed by atoms with E-state index in [-0.39, 0.29) is 0 Å². The molecule has 1 aliphatic heterocycles. The van der Waals surface area contributed by atoms with Crippen molar-refractivity contribution in [2.75, 3.05) is 0 Å². The van der Waals surface area contributed by atoms with Crippen LogP contribution >= 0.6 is 0 Å². The lowest BCUT2D eigenvalue weighted by molar-refractivity contribution is 0.509. The number of oxazole rings is 1. The molecule has 6 heteroatoms. The van der Waals surface area contributed by atoms with Crippen LogP contribution in [0.1, 0.15) is 11.1 Å². The largest absolute Gasteiger partial charge is 0.432 e. The SMILES string of the molecule is Fc1ccc(-c2nc3occn3c2-c2ccc3c(c2)CN=C3)cc1F. The third-order valence-electron chi connectivity index (χ3n) is 4.36. The summed E-state index contributed by atoms with van der Waals surface area (Å²) in [6.45, 7) is 0.636. The van der Waals surface area contributed by atoms with Crippen LogP contribution in [0.2, 0.25) is 0 Å². The van der Waals surface area contributed by atoms with Gasteiger partial charge in [-0.25, -0.2) is 8.78 Å². The van der Waals surface area contributed by atoms with Gasteiger partial charge in [0.2, 0.25) is 0 Å². The Labute approximate surface area is 141 Å². The number of rotatable bonds is 2. The minimum absolute atomic E-state index is 0.395. The van der Waals surface area contributed by atoms with Gasteiger partial charge in [0.1, 0.15) is 12.0 Å². The fraction of sp³-hybridized carbons (Fsp3) is 0.0526. The molecule has 2 aromatic heterocycles. The van der Waals surface area contributed by atoms with Gasteiger partial charge in [0.25, 0.3) is 0 Å². The monoisotopic (exact) mass is 335 g/mol. The van der Waals surface area contributed by atoms with E-state index in [1.165, 1.54) is 12.3 Å². The van der Waals surface area contributed by atoms with Crippen molar-refractivity contribution in [2.45, 2.75) is 6.54 Å². The molecule has 25 heavy (non-hydrogen) atoms. The molecule has 0 fully saturated rings. The maximum Gasteiger partial charge on any atom is 0.306 e. The summed E-state index contributed by atoms with van der Waals surface area (Å²) in [6.07, 6.45) is 5.14. The molecule has 0 bridgehead atoms. The van der Waals surface area contributed by atoms with Gasteiger partial charge in [0, 0.05) is 23.5 Å². The Bertz CT molecular complexity index is 1160. The van der Waals surface area contributed by atoms with Gasteiger partial charge in [-0.15, -0.1) is 0 Å². The van der Waals surface area contributed by atoms with E-state index in [0.29, 0.717) is 23.6 Å². The van der Waals surface area contributed by atoms with Crippen molar-refractivity contribution in [1.82, 2.24) is 9.38 Å². The predicted molar refractivity (Wildman–Crippen MR) is 89.5 cm³/mol. The molecular formula is C19H11F2N3O. The zero-order valence-corrected chi connectivity index (χ0v) is 12.9. The summed E-state index contributed by atoms with van der Waals surface area (Å²) in [5, 5.41) is 0. The van der Waals surface area contributed by atoms with E-state index in [2.05, 4.69) is 9.98 Å². The Hall–Kier alpha value is -3.28. The van der Waals surface area contributed by atoms with Crippen LogP contribution in [0.5, 0.6) is 0 Å². The topological polar surface area (TPSA) is 42.8 Å². The molecule has 0 spiro atoms. The Morgan fingerprint density at radius 3 is 2.76 bits per heavy atom. The molecule has 0 N–H and O–H groups in total. The van der Waals surface area contributed by atoms with Gasteiger partial charge in [-0.3, -0.25) is 9.39 Å². The molecule has 0 radical (unpaired) electrons. The molecule has 0 unspecified atom stereocenters. The molecule has 5 rings (SSSR count). The van der Waals surface area contributed by atoms with Gasteiger partial charge in [-0.1, -0.05) is 12.1 Å². The minimum Gasteiger partial charge on any atom is -0.432 e. The Balaban J connectivity index is 1.76. The smallest absolute Gasteiger partial charge is 0.306 e. The number of fused-ring (bicyclic) bond motifs is 2. The molecule has 0 saturated carbocycles. The van der Waals surface area contributed by atoms with E-state index in [1.54, 1.807) is 10.6 Å². The standard InChI is InChI=1S/C19H11F2N3O/c20-15-4-3-11(8-16(15)21)17-18(24-5-6-25-19(24)23-17)12-1-2-13-9-22-10-14(13)7-12/h1-9H,10H2. The third kappa shape index (κ3) is 2.11. The van der Waals surface area contributed by atoms with Crippen LogP contribution in [0.3, 0.4) is 0 Å². The molecule has 122 valence electrons. The quantitative estimate of drug-likeness (QED) is 0.542. The molecule has 4 nitrogen and oxygen atoms in total. The zero-order chi connectivity index (χ0) is 17.0. The van der Waals surface area contributed by atoms with Crippen molar-refractivity contribution in [3.05, 3.63) is 71.6 Å². The van der Waals surface area contributed by atoms with Crippen molar-refractivity contribution in [3.63, 3.8) is 0 Å². The summed E-state index contributed by atoms with van der Waals surface area (Å²) in [7, 11) is 0. The molecule has 0 saturated heterocycles. The van der Waals surface area contributed by atoms with Gasteiger partial charge in [-0.05, 0) is 35.4 Å². The molecule has 0 atom stereocenters. The highest BCUT2D eigenvalue weighted by Crippen LogP contribution is 2.35. The van der Waals surface area contributed by atoms with E-state index >= 15 is 0 Å². The van der Waals surface area contributed by atoms with Crippen LogP contribution in [0.25, 0.3) is 28.4 Å². The third-order valence-corrected chi connectivity index (χ3v) is 4.36. The van der Waals surface area contributed by atoms with Crippen molar-refractivity contribution < 1.29 is 13.2 Å². The maximum atomic E-state index is 13.7. The first kappa shape index (κ1) is 14.1. The summed E-state index contributed by atoms with van der Waals surface area (Å²) in [5.41, 5.74) is 4.92. The van der Waals surface area contributed by atoms with Gasteiger partial charge in [0.05, 0.1) is 12.2 Å². The van der Waals surface area contributed by atoms with Crippen molar-refractivity contribution >= 4 is 12.1 Å². The van der Waals surface area contributed by atoms with Gasteiger partial charge in [-0.2, -0.15) is 4.98 Å². The fourth-order valence-corrected chi connectivity index (χ4v) is 3.16. The van der Waals surface area contributed by atoms with Gasteiger partial charge in [0.15, 0.2) is 11.6 Å². The number of hydrogen-bond acceptors (Lipinski definition) is 3. The molecule has 1 aliphatic rings. The first-order chi connectivity index (χ1) is 12.2. The van der Waals surface area contributed by atoms with E-state index in [0.717, 1.165) is 34.5 Å². The van der Waals surface area contributed by atoms with E-state index in [9.17, 15) is 8.78 Å². The number of aliphatic imine (C=N–C) groups is 1. The lowest BCUT2D eigenvalue weighted by Gasteiger charge is -2.07. The predicted octanol–water partition coefficient (Wildman–Crippen LogP) is 4.47. The fourth-order valence-electron chi connectivity index (χ4n) is 3.16. The summed E-state index contributed by atoms with van der Waals surface area (Å²) in [4.78, 5) is 8.73. The lowest BCUT2D eigenvalue weighted by atomic mass is 10.0. The average Bonchev–Trinajstić information content (AvgIpc) is 3.31. The number of halogens is 2. The van der Waals surface area contributed by atoms with Crippen molar-refractivity contribution in [3.8, 4) is 22.5 Å². The molecular weight excluding hydrogens is 324 g/mol. The van der Waals surface area contributed by atoms with Crippen LogP contribution in [-0.4, -0.2) is 15.6 Å². The number of benzene rings is 2. The molecule has 0 amide bonds.